The Bertz CT molecular complexity index is 498. The second kappa shape index (κ2) is 6.86. The fourth-order valence-corrected chi connectivity index (χ4v) is 3.09. The molecule has 1 aromatic heterocycles. The highest BCUT2D eigenvalue weighted by atomic mass is 32.1. The summed E-state index contributed by atoms with van der Waals surface area (Å²) in [6.45, 7) is 3.31. The molecule has 1 aliphatic rings. The maximum Gasteiger partial charge on any atom is 0.234 e. The third-order valence-corrected chi connectivity index (χ3v) is 4.83. The molecule has 1 amide bonds. The van der Waals surface area contributed by atoms with Crippen molar-refractivity contribution in [3.05, 3.63) is 16.6 Å². The Morgan fingerprint density at radius 3 is 2.95 bits per heavy atom. The van der Waals surface area contributed by atoms with Gasteiger partial charge >= 0.3 is 0 Å². The lowest BCUT2D eigenvalue weighted by molar-refractivity contribution is -0.131. The first-order valence-corrected chi connectivity index (χ1v) is 7.71. The van der Waals surface area contributed by atoms with Crippen LogP contribution >= 0.6 is 11.3 Å². The number of rotatable bonds is 5. The van der Waals surface area contributed by atoms with E-state index in [0.717, 1.165) is 5.01 Å². The number of carbonyl (C=O) groups excluding carboxylic acids is 1. The number of amidine groups is 1. The number of oxime groups is 1. The fourth-order valence-electron chi connectivity index (χ4n) is 2.40. The largest absolute Gasteiger partial charge is 0.409 e. The zero-order chi connectivity index (χ0) is 15.3. The van der Waals surface area contributed by atoms with Crippen molar-refractivity contribution in [2.45, 2.75) is 25.7 Å². The van der Waals surface area contributed by atoms with Crippen LogP contribution in [0.25, 0.3) is 0 Å². The number of thiazole rings is 1. The van der Waals surface area contributed by atoms with E-state index in [-0.39, 0.29) is 17.7 Å². The average molecular weight is 312 g/mol. The molecule has 1 fully saturated rings. The van der Waals surface area contributed by atoms with Gasteiger partial charge in [0.2, 0.25) is 5.91 Å². The van der Waals surface area contributed by atoms with Crippen LogP contribution in [0.4, 0.5) is 0 Å². The van der Waals surface area contributed by atoms with E-state index >= 15 is 0 Å². The van der Waals surface area contributed by atoms with Gasteiger partial charge in [-0.2, -0.15) is 0 Å². The molecule has 1 saturated heterocycles. The number of nitrogens with zero attached hydrogens (tertiary/aromatic N) is 2. The Labute approximate surface area is 127 Å². The van der Waals surface area contributed by atoms with Crippen molar-refractivity contribution < 1.29 is 14.7 Å². The predicted octanol–water partition coefficient (Wildman–Crippen LogP) is 0.906. The van der Waals surface area contributed by atoms with Crippen molar-refractivity contribution in [1.29, 1.82) is 0 Å². The molecule has 21 heavy (non-hydrogen) atoms. The maximum absolute atomic E-state index is 12.5. The van der Waals surface area contributed by atoms with Crippen molar-refractivity contribution in [1.82, 2.24) is 10.3 Å². The number of aromatic nitrogens is 1. The minimum atomic E-state index is -0.977. The van der Waals surface area contributed by atoms with Crippen molar-refractivity contribution >= 4 is 23.1 Å². The summed E-state index contributed by atoms with van der Waals surface area (Å²) in [4.78, 5) is 16.8. The Balaban J connectivity index is 2.02. The molecule has 7 nitrogen and oxygen atoms in total. The second-order valence-electron chi connectivity index (χ2n) is 5.16. The summed E-state index contributed by atoms with van der Waals surface area (Å²) < 4.78 is 5.27. The van der Waals surface area contributed by atoms with E-state index in [4.69, 9.17) is 15.7 Å². The van der Waals surface area contributed by atoms with Crippen LogP contribution in [0.5, 0.6) is 0 Å². The summed E-state index contributed by atoms with van der Waals surface area (Å²) in [7, 11) is 0. The van der Waals surface area contributed by atoms with Gasteiger partial charge in [0, 0.05) is 37.3 Å². The van der Waals surface area contributed by atoms with Crippen molar-refractivity contribution in [3.63, 3.8) is 0 Å². The number of nitrogens with one attached hydrogen (secondary N) is 1. The number of carbonyl (C=O) groups is 1. The molecule has 1 aromatic rings. The number of amides is 1. The summed E-state index contributed by atoms with van der Waals surface area (Å²) in [6, 6.07) is 0. The molecule has 2 heterocycles. The van der Waals surface area contributed by atoms with Gasteiger partial charge in [0.1, 0.15) is 5.41 Å². The summed E-state index contributed by atoms with van der Waals surface area (Å²) in [5, 5.41) is 17.8. The van der Waals surface area contributed by atoms with Crippen LogP contribution in [0.2, 0.25) is 0 Å². The molecular formula is C13H20N4O3S. The Morgan fingerprint density at radius 1 is 1.67 bits per heavy atom. The summed E-state index contributed by atoms with van der Waals surface area (Å²) in [5.41, 5.74) is 4.78. The highest BCUT2D eigenvalue weighted by Gasteiger charge is 2.44. The molecular weight excluding hydrogens is 292 g/mol. The van der Waals surface area contributed by atoms with Gasteiger partial charge in [0.05, 0.1) is 5.01 Å². The highest BCUT2D eigenvalue weighted by Crippen LogP contribution is 2.31. The zero-order valence-corrected chi connectivity index (χ0v) is 12.7. The highest BCUT2D eigenvalue weighted by molar-refractivity contribution is 7.09. The van der Waals surface area contributed by atoms with Gasteiger partial charge in [-0.25, -0.2) is 4.98 Å². The second-order valence-corrected chi connectivity index (χ2v) is 6.09. The minimum absolute atomic E-state index is 0.0507. The third kappa shape index (κ3) is 3.33. The van der Waals surface area contributed by atoms with E-state index in [2.05, 4.69) is 15.5 Å². The first-order valence-electron chi connectivity index (χ1n) is 6.83. The van der Waals surface area contributed by atoms with Gasteiger partial charge in [-0.1, -0.05) is 12.1 Å². The van der Waals surface area contributed by atoms with E-state index in [1.54, 1.807) is 17.5 Å². The first kappa shape index (κ1) is 15.7. The van der Waals surface area contributed by atoms with Crippen LogP contribution in [0, 0.1) is 5.41 Å². The van der Waals surface area contributed by atoms with E-state index in [1.165, 1.54) is 0 Å². The number of hydrogen-bond acceptors (Lipinski definition) is 6. The van der Waals surface area contributed by atoms with Crippen LogP contribution in [0.3, 0.4) is 0 Å². The van der Waals surface area contributed by atoms with Crippen molar-refractivity contribution in [2.75, 3.05) is 19.8 Å². The molecule has 0 radical (unpaired) electrons. The SMILES string of the molecule is CC(CNC(=O)C1(/C(N)=N/O)CCOCC1)c1nccs1. The molecule has 1 atom stereocenters. The smallest absolute Gasteiger partial charge is 0.234 e. The molecule has 0 spiro atoms. The molecule has 116 valence electrons. The topological polar surface area (TPSA) is 110 Å². The lowest BCUT2D eigenvalue weighted by Crippen LogP contribution is -2.53. The zero-order valence-electron chi connectivity index (χ0n) is 11.9. The van der Waals surface area contributed by atoms with Gasteiger partial charge in [0.25, 0.3) is 0 Å². The molecule has 1 unspecified atom stereocenters. The van der Waals surface area contributed by atoms with Crippen LogP contribution in [-0.2, 0) is 9.53 Å². The van der Waals surface area contributed by atoms with Gasteiger partial charge in [-0.15, -0.1) is 11.3 Å². The molecule has 4 N–H and O–H groups in total. The summed E-state index contributed by atoms with van der Waals surface area (Å²) in [6.07, 6.45) is 2.58. The molecule has 0 aliphatic carbocycles. The summed E-state index contributed by atoms with van der Waals surface area (Å²) >= 11 is 1.56. The van der Waals surface area contributed by atoms with Crippen molar-refractivity contribution in [3.8, 4) is 0 Å². The molecule has 2 rings (SSSR count). The fraction of sp³-hybridized carbons (Fsp3) is 0.615. The minimum Gasteiger partial charge on any atom is -0.409 e. The summed E-state index contributed by atoms with van der Waals surface area (Å²) in [5.74, 6) is -0.146. The van der Waals surface area contributed by atoms with Crippen LogP contribution in [0.15, 0.2) is 16.7 Å². The van der Waals surface area contributed by atoms with Gasteiger partial charge in [0.15, 0.2) is 5.84 Å². The Kier molecular flexibility index (Phi) is 5.13. The first-order chi connectivity index (χ1) is 10.1. The van der Waals surface area contributed by atoms with Gasteiger partial charge in [-0.05, 0) is 12.8 Å². The van der Waals surface area contributed by atoms with E-state index in [1.807, 2.05) is 12.3 Å². The Hall–Kier alpha value is -1.67. The van der Waals surface area contributed by atoms with E-state index < -0.39 is 5.41 Å². The standard InChI is InChI=1S/C13H20N4O3S/c1-9(10-15-4-7-21-10)8-16-12(18)13(11(14)17-19)2-5-20-6-3-13/h4,7,9,19H,2-3,5-6,8H2,1H3,(H2,14,17)(H,16,18). The number of hydrogen-bond donors (Lipinski definition) is 3. The van der Waals surface area contributed by atoms with Crippen molar-refractivity contribution in [2.24, 2.45) is 16.3 Å². The quantitative estimate of drug-likeness (QED) is 0.324. The van der Waals surface area contributed by atoms with Crippen LogP contribution in [0.1, 0.15) is 30.7 Å². The monoisotopic (exact) mass is 312 g/mol. The molecule has 0 saturated carbocycles. The third-order valence-electron chi connectivity index (χ3n) is 3.82. The Morgan fingerprint density at radius 2 is 2.38 bits per heavy atom. The van der Waals surface area contributed by atoms with Crippen LogP contribution in [-0.4, -0.2) is 41.7 Å². The number of nitrogens with two attached hydrogens (primary N) is 1. The normalized spacial score (nSPS) is 20.0. The lowest BCUT2D eigenvalue weighted by Gasteiger charge is -2.34. The van der Waals surface area contributed by atoms with E-state index in [0.29, 0.717) is 32.6 Å². The number of ether oxygens (including phenoxy) is 1. The van der Waals surface area contributed by atoms with Crippen LogP contribution < -0.4 is 11.1 Å². The predicted molar refractivity (Wildman–Crippen MR) is 79.4 cm³/mol. The molecule has 0 bridgehead atoms. The van der Waals surface area contributed by atoms with Gasteiger partial charge in [-0.3, -0.25) is 4.79 Å². The maximum atomic E-state index is 12.5. The van der Waals surface area contributed by atoms with E-state index in [9.17, 15) is 4.79 Å². The average Bonchev–Trinajstić information content (AvgIpc) is 3.06. The molecule has 0 aromatic carbocycles. The molecule has 8 heteroatoms. The lowest BCUT2D eigenvalue weighted by atomic mass is 9.78. The van der Waals surface area contributed by atoms with Gasteiger partial charge < -0.3 is 21.0 Å². The molecule has 1 aliphatic heterocycles.